The Morgan fingerprint density at radius 2 is 1.88 bits per heavy atom. The largest absolute Gasteiger partial charge is 0.456 e. The highest BCUT2D eigenvalue weighted by molar-refractivity contribution is 5.29. The van der Waals surface area contributed by atoms with Gasteiger partial charge in [0.1, 0.15) is 11.5 Å². The van der Waals surface area contributed by atoms with Gasteiger partial charge in [0.2, 0.25) is 0 Å². The number of likely N-dealkylation sites (tertiary alicyclic amines) is 1. The number of benzene rings is 1. The predicted octanol–water partition coefficient (Wildman–Crippen LogP) is 4.78. The van der Waals surface area contributed by atoms with Gasteiger partial charge in [-0.05, 0) is 62.0 Å². The second-order valence-corrected chi connectivity index (χ2v) is 6.86. The van der Waals surface area contributed by atoms with E-state index in [1.807, 2.05) is 42.5 Å². The Hall–Kier alpha value is -2.38. The Bertz CT molecular complexity index is 698. The molecule has 0 bridgehead atoms. The summed E-state index contributed by atoms with van der Waals surface area (Å²) in [7, 11) is 0. The Labute approximate surface area is 150 Å². The van der Waals surface area contributed by atoms with Crippen molar-refractivity contribution in [2.24, 2.45) is 5.41 Å². The van der Waals surface area contributed by atoms with E-state index in [1.165, 1.54) is 0 Å². The number of nitrogens with zero attached hydrogens (tertiary/aromatic N) is 3. The van der Waals surface area contributed by atoms with Gasteiger partial charge in [0, 0.05) is 13.0 Å². The molecular formula is C21H25N3O. The van der Waals surface area contributed by atoms with Gasteiger partial charge in [-0.15, -0.1) is 0 Å². The van der Waals surface area contributed by atoms with Crippen LogP contribution in [0, 0.1) is 16.7 Å². The highest BCUT2D eigenvalue weighted by Gasteiger charge is 2.32. The molecule has 4 heteroatoms. The van der Waals surface area contributed by atoms with Crippen LogP contribution < -0.4 is 4.74 Å². The van der Waals surface area contributed by atoms with Crippen LogP contribution in [-0.2, 0) is 6.54 Å². The number of aromatic nitrogens is 1. The van der Waals surface area contributed by atoms with E-state index in [2.05, 4.69) is 22.9 Å². The fourth-order valence-corrected chi connectivity index (χ4v) is 3.43. The van der Waals surface area contributed by atoms with E-state index in [0.717, 1.165) is 56.1 Å². The SMILES string of the molecule is CCC1(CC#N)CCN(Cc2ccc(Oc3ccccc3)cn2)CC1. The molecule has 25 heavy (non-hydrogen) atoms. The van der Waals surface area contributed by atoms with Crippen molar-refractivity contribution in [1.29, 1.82) is 5.26 Å². The van der Waals surface area contributed by atoms with Crippen LogP contribution in [0.15, 0.2) is 48.7 Å². The van der Waals surface area contributed by atoms with Crippen molar-refractivity contribution in [2.75, 3.05) is 13.1 Å². The van der Waals surface area contributed by atoms with Crippen molar-refractivity contribution in [3.05, 3.63) is 54.4 Å². The standard InChI is InChI=1S/C21H25N3O/c1-2-21(10-13-22)11-14-24(15-12-21)17-18-8-9-20(16-23-18)25-19-6-4-3-5-7-19/h3-9,16H,2,10-12,14-15,17H2,1H3. The minimum absolute atomic E-state index is 0.228. The molecule has 2 heterocycles. The molecule has 0 N–H and O–H groups in total. The van der Waals surface area contributed by atoms with Gasteiger partial charge in [-0.2, -0.15) is 5.26 Å². The lowest BCUT2D eigenvalue weighted by Crippen LogP contribution is -2.39. The van der Waals surface area contributed by atoms with Gasteiger partial charge in [0.15, 0.2) is 0 Å². The Morgan fingerprint density at radius 3 is 2.48 bits per heavy atom. The number of piperidine rings is 1. The molecule has 1 aromatic heterocycles. The molecule has 1 fully saturated rings. The lowest BCUT2D eigenvalue weighted by Gasteiger charge is -2.40. The first kappa shape index (κ1) is 17.4. The Balaban J connectivity index is 1.53. The fraction of sp³-hybridized carbons (Fsp3) is 0.429. The molecule has 2 aromatic rings. The van der Waals surface area contributed by atoms with Crippen LogP contribution in [0.1, 0.15) is 38.3 Å². The third kappa shape index (κ3) is 4.58. The summed E-state index contributed by atoms with van der Waals surface area (Å²) >= 11 is 0. The normalized spacial score (nSPS) is 17.0. The lowest BCUT2D eigenvalue weighted by molar-refractivity contribution is 0.0971. The van der Waals surface area contributed by atoms with Gasteiger partial charge in [-0.1, -0.05) is 25.1 Å². The van der Waals surface area contributed by atoms with Crippen molar-refractivity contribution >= 4 is 0 Å². The molecular weight excluding hydrogens is 310 g/mol. The van der Waals surface area contributed by atoms with Crippen molar-refractivity contribution < 1.29 is 4.74 Å². The zero-order valence-corrected chi connectivity index (χ0v) is 14.8. The van der Waals surface area contributed by atoms with E-state index in [4.69, 9.17) is 10.00 Å². The average molecular weight is 335 g/mol. The van der Waals surface area contributed by atoms with Crippen LogP contribution in [-0.4, -0.2) is 23.0 Å². The van der Waals surface area contributed by atoms with E-state index in [1.54, 1.807) is 6.20 Å². The first-order chi connectivity index (χ1) is 12.2. The molecule has 0 atom stereocenters. The first-order valence-electron chi connectivity index (χ1n) is 9.00. The van der Waals surface area contributed by atoms with E-state index < -0.39 is 0 Å². The number of hydrogen-bond acceptors (Lipinski definition) is 4. The summed E-state index contributed by atoms with van der Waals surface area (Å²) in [6.45, 7) is 5.15. The van der Waals surface area contributed by atoms with Crippen LogP contribution in [0.3, 0.4) is 0 Å². The maximum Gasteiger partial charge on any atom is 0.145 e. The minimum atomic E-state index is 0.228. The molecule has 0 spiro atoms. The molecule has 0 saturated carbocycles. The zero-order chi connectivity index (χ0) is 17.5. The summed E-state index contributed by atoms with van der Waals surface area (Å²) in [6.07, 6.45) is 5.77. The second kappa shape index (κ2) is 8.13. The van der Waals surface area contributed by atoms with Gasteiger partial charge in [-0.3, -0.25) is 9.88 Å². The first-order valence-corrected chi connectivity index (χ1v) is 9.00. The number of ether oxygens (including phenoxy) is 1. The topological polar surface area (TPSA) is 49.2 Å². The summed E-state index contributed by atoms with van der Waals surface area (Å²) < 4.78 is 5.79. The molecule has 0 amide bonds. The summed E-state index contributed by atoms with van der Waals surface area (Å²) in [5.74, 6) is 1.58. The maximum absolute atomic E-state index is 9.06. The van der Waals surface area contributed by atoms with Crippen molar-refractivity contribution in [3.63, 3.8) is 0 Å². The zero-order valence-electron chi connectivity index (χ0n) is 14.8. The monoisotopic (exact) mass is 335 g/mol. The van der Waals surface area contributed by atoms with Gasteiger partial charge in [-0.25, -0.2) is 0 Å². The molecule has 0 radical (unpaired) electrons. The van der Waals surface area contributed by atoms with Crippen LogP contribution >= 0.6 is 0 Å². The van der Waals surface area contributed by atoms with Crippen LogP contribution in [0.5, 0.6) is 11.5 Å². The van der Waals surface area contributed by atoms with E-state index in [-0.39, 0.29) is 5.41 Å². The summed E-state index contributed by atoms with van der Waals surface area (Å²) in [4.78, 5) is 6.98. The van der Waals surface area contributed by atoms with Crippen LogP contribution in [0.4, 0.5) is 0 Å². The molecule has 1 aliphatic heterocycles. The summed E-state index contributed by atoms with van der Waals surface area (Å²) in [5, 5.41) is 9.06. The lowest BCUT2D eigenvalue weighted by atomic mass is 9.74. The molecule has 1 aliphatic rings. The van der Waals surface area contributed by atoms with Crippen molar-refractivity contribution in [1.82, 2.24) is 9.88 Å². The van der Waals surface area contributed by atoms with E-state index in [0.29, 0.717) is 6.42 Å². The fourth-order valence-electron chi connectivity index (χ4n) is 3.43. The third-order valence-electron chi connectivity index (χ3n) is 5.28. The highest BCUT2D eigenvalue weighted by atomic mass is 16.5. The second-order valence-electron chi connectivity index (χ2n) is 6.86. The number of pyridine rings is 1. The van der Waals surface area contributed by atoms with Crippen LogP contribution in [0.2, 0.25) is 0 Å². The number of nitriles is 1. The number of rotatable bonds is 6. The van der Waals surface area contributed by atoms with Gasteiger partial charge < -0.3 is 4.74 Å². The van der Waals surface area contributed by atoms with Gasteiger partial charge >= 0.3 is 0 Å². The molecule has 130 valence electrons. The molecule has 1 aromatic carbocycles. The van der Waals surface area contributed by atoms with Gasteiger partial charge in [0.05, 0.1) is 18.0 Å². The molecule has 0 aliphatic carbocycles. The quantitative estimate of drug-likeness (QED) is 0.762. The molecule has 4 nitrogen and oxygen atoms in total. The highest BCUT2D eigenvalue weighted by Crippen LogP contribution is 2.38. The van der Waals surface area contributed by atoms with E-state index >= 15 is 0 Å². The Morgan fingerprint density at radius 1 is 1.12 bits per heavy atom. The molecule has 3 rings (SSSR count). The molecule has 1 saturated heterocycles. The van der Waals surface area contributed by atoms with Gasteiger partial charge in [0.25, 0.3) is 0 Å². The van der Waals surface area contributed by atoms with Crippen LogP contribution in [0.25, 0.3) is 0 Å². The smallest absolute Gasteiger partial charge is 0.145 e. The number of hydrogen-bond donors (Lipinski definition) is 0. The number of para-hydroxylation sites is 1. The van der Waals surface area contributed by atoms with E-state index in [9.17, 15) is 0 Å². The van der Waals surface area contributed by atoms with Crippen molar-refractivity contribution in [2.45, 2.75) is 39.2 Å². The summed E-state index contributed by atoms with van der Waals surface area (Å²) in [6, 6.07) is 16.1. The van der Waals surface area contributed by atoms with Crippen molar-refractivity contribution in [3.8, 4) is 17.6 Å². The predicted molar refractivity (Wildman–Crippen MR) is 98.2 cm³/mol. The minimum Gasteiger partial charge on any atom is -0.456 e. The third-order valence-corrected chi connectivity index (χ3v) is 5.28. The average Bonchev–Trinajstić information content (AvgIpc) is 2.66. The Kier molecular flexibility index (Phi) is 5.67. The maximum atomic E-state index is 9.06. The summed E-state index contributed by atoms with van der Waals surface area (Å²) in [5.41, 5.74) is 1.29. The molecule has 0 unspecified atom stereocenters.